The molecular weight excluding hydrogens is 516 g/mol. The summed E-state index contributed by atoms with van der Waals surface area (Å²) in [5.41, 5.74) is 4.14. The summed E-state index contributed by atoms with van der Waals surface area (Å²) in [6.07, 6.45) is 10.3. The lowest BCUT2D eigenvalue weighted by molar-refractivity contribution is -0.116. The van der Waals surface area contributed by atoms with Gasteiger partial charge >= 0.3 is 0 Å². The lowest BCUT2D eigenvalue weighted by Gasteiger charge is -2.07. The van der Waals surface area contributed by atoms with E-state index in [0.717, 1.165) is 25.7 Å². The number of hydrogen-bond acceptors (Lipinski definition) is 4. The number of anilines is 1. The Morgan fingerprint density at radius 1 is 1.02 bits per heavy atom. The number of rotatable bonds is 11. The van der Waals surface area contributed by atoms with E-state index >= 15 is 0 Å². The van der Waals surface area contributed by atoms with E-state index in [0.29, 0.717) is 52.4 Å². The molecule has 0 aliphatic carbocycles. The van der Waals surface area contributed by atoms with Crippen LogP contribution in [0.2, 0.25) is 0 Å². The Bertz CT molecular complexity index is 1490. The quantitative estimate of drug-likeness (QED) is 0.202. The van der Waals surface area contributed by atoms with Crippen molar-refractivity contribution in [2.75, 3.05) is 18.4 Å². The number of fused-ring (bicyclic) bond motifs is 1. The number of pyridine rings is 1. The third-order valence-corrected chi connectivity index (χ3v) is 6.66. The molecule has 0 radical (unpaired) electrons. The molecular formula is C30H31F2N5O3. The number of benzene rings is 1. The van der Waals surface area contributed by atoms with Gasteiger partial charge in [-0.3, -0.25) is 19.4 Å². The molecule has 0 unspecified atom stereocenters. The van der Waals surface area contributed by atoms with Crippen LogP contribution < -0.4 is 16.0 Å². The van der Waals surface area contributed by atoms with Crippen molar-refractivity contribution in [3.63, 3.8) is 0 Å². The third-order valence-electron chi connectivity index (χ3n) is 6.66. The number of carbonyl (C=O) groups is 3. The van der Waals surface area contributed by atoms with Gasteiger partial charge < -0.3 is 20.9 Å². The molecule has 1 aromatic carbocycles. The third kappa shape index (κ3) is 6.88. The van der Waals surface area contributed by atoms with Crippen molar-refractivity contribution < 1.29 is 23.2 Å². The summed E-state index contributed by atoms with van der Waals surface area (Å²) in [7, 11) is 0. The Morgan fingerprint density at radius 3 is 2.52 bits per heavy atom. The molecule has 0 spiro atoms. The molecule has 0 saturated heterocycles. The number of H-pyrrole nitrogens is 1. The highest BCUT2D eigenvalue weighted by molar-refractivity contribution is 6.34. The molecule has 208 valence electrons. The van der Waals surface area contributed by atoms with Crippen LogP contribution in [0, 0.1) is 25.5 Å². The molecule has 4 rings (SSSR count). The summed E-state index contributed by atoms with van der Waals surface area (Å²) >= 11 is 0. The van der Waals surface area contributed by atoms with Crippen LogP contribution in [0.25, 0.3) is 17.7 Å². The van der Waals surface area contributed by atoms with Crippen molar-refractivity contribution in [1.82, 2.24) is 20.6 Å². The Morgan fingerprint density at radius 2 is 1.77 bits per heavy atom. The zero-order valence-electron chi connectivity index (χ0n) is 22.4. The van der Waals surface area contributed by atoms with E-state index < -0.39 is 11.6 Å². The van der Waals surface area contributed by atoms with Gasteiger partial charge in [0.15, 0.2) is 0 Å². The van der Waals surface area contributed by atoms with Gasteiger partial charge in [-0.05, 0) is 68.7 Å². The molecule has 8 nitrogen and oxygen atoms in total. The number of aromatic nitrogens is 2. The first-order valence-corrected chi connectivity index (χ1v) is 13.1. The summed E-state index contributed by atoms with van der Waals surface area (Å²) in [5, 5.41) is 8.43. The second-order valence-electron chi connectivity index (χ2n) is 9.56. The van der Waals surface area contributed by atoms with Crippen LogP contribution in [0.1, 0.15) is 64.1 Å². The van der Waals surface area contributed by atoms with E-state index in [4.69, 9.17) is 0 Å². The number of carbonyl (C=O) groups excluding carboxylic acids is 3. The number of aryl methyl sites for hydroxylation is 1. The monoisotopic (exact) mass is 547 g/mol. The van der Waals surface area contributed by atoms with Crippen LogP contribution in [0.3, 0.4) is 0 Å². The van der Waals surface area contributed by atoms with E-state index in [9.17, 15) is 23.2 Å². The second kappa shape index (κ2) is 13.0. The van der Waals surface area contributed by atoms with Gasteiger partial charge in [-0.25, -0.2) is 8.78 Å². The Balaban J connectivity index is 1.20. The average molecular weight is 548 g/mol. The van der Waals surface area contributed by atoms with Crippen molar-refractivity contribution in [2.45, 2.75) is 39.5 Å². The molecule has 3 amide bonds. The topological polar surface area (TPSA) is 116 Å². The predicted molar refractivity (Wildman–Crippen MR) is 150 cm³/mol. The molecule has 1 aliphatic rings. The van der Waals surface area contributed by atoms with E-state index in [1.165, 1.54) is 48.8 Å². The van der Waals surface area contributed by atoms with Crippen molar-refractivity contribution in [2.24, 2.45) is 0 Å². The van der Waals surface area contributed by atoms with Gasteiger partial charge in [0, 0.05) is 59.8 Å². The fourth-order valence-electron chi connectivity index (χ4n) is 4.55. The zero-order valence-corrected chi connectivity index (χ0v) is 22.4. The van der Waals surface area contributed by atoms with Gasteiger partial charge in [0.2, 0.25) is 5.91 Å². The molecule has 1 aliphatic heterocycles. The van der Waals surface area contributed by atoms with Crippen molar-refractivity contribution in [1.29, 1.82) is 0 Å². The molecule has 3 aromatic rings. The van der Waals surface area contributed by atoms with Gasteiger partial charge in [0.25, 0.3) is 11.8 Å². The van der Waals surface area contributed by atoms with Crippen LogP contribution in [0.4, 0.5) is 14.5 Å². The Hall–Kier alpha value is -4.60. The molecule has 0 saturated carbocycles. The number of aromatic amines is 1. The summed E-state index contributed by atoms with van der Waals surface area (Å²) < 4.78 is 27.3. The number of amides is 3. The van der Waals surface area contributed by atoms with Crippen LogP contribution in [-0.2, 0) is 9.59 Å². The predicted octanol–water partition coefficient (Wildman–Crippen LogP) is 4.92. The molecule has 0 fully saturated rings. The van der Waals surface area contributed by atoms with Gasteiger partial charge in [-0.15, -0.1) is 0 Å². The molecule has 10 heteroatoms. The number of unbranched alkanes of at least 4 members (excludes halogenated alkanes) is 3. The maximum atomic E-state index is 13.8. The SMILES string of the molecule is Cc1[nH]c(C=C2C(=O)Nc3ccc(F)cc32)c(C)c1C(=O)NCCCCCCNC(=O)/C=C/c1cnccc1F. The van der Waals surface area contributed by atoms with Gasteiger partial charge in [0.05, 0.1) is 11.1 Å². The van der Waals surface area contributed by atoms with Crippen LogP contribution >= 0.6 is 0 Å². The lowest BCUT2D eigenvalue weighted by Crippen LogP contribution is -2.25. The minimum atomic E-state index is -0.437. The van der Waals surface area contributed by atoms with Crippen molar-refractivity contribution >= 4 is 41.1 Å². The fourth-order valence-corrected chi connectivity index (χ4v) is 4.55. The van der Waals surface area contributed by atoms with Crippen molar-refractivity contribution in [3.8, 4) is 0 Å². The minimum absolute atomic E-state index is 0.206. The fraction of sp³-hybridized carbons (Fsp3) is 0.267. The molecule has 3 heterocycles. The summed E-state index contributed by atoms with van der Waals surface area (Å²) in [4.78, 5) is 44.2. The first-order chi connectivity index (χ1) is 19.2. The van der Waals surface area contributed by atoms with Gasteiger partial charge in [-0.1, -0.05) is 12.8 Å². The summed E-state index contributed by atoms with van der Waals surface area (Å²) in [5.74, 6) is -1.70. The normalized spacial score (nSPS) is 13.5. The number of halogens is 2. The molecule has 0 bridgehead atoms. The first kappa shape index (κ1) is 28.4. The van der Waals surface area contributed by atoms with Gasteiger partial charge in [0.1, 0.15) is 11.6 Å². The second-order valence-corrected chi connectivity index (χ2v) is 9.56. The minimum Gasteiger partial charge on any atom is -0.358 e. The zero-order chi connectivity index (χ0) is 28.6. The molecule has 2 aromatic heterocycles. The van der Waals surface area contributed by atoms with Crippen molar-refractivity contribution in [3.05, 3.63) is 88.0 Å². The first-order valence-electron chi connectivity index (χ1n) is 13.1. The maximum absolute atomic E-state index is 13.8. The molecule has 0 atom stereocenters. The van der Waals surface area contributed by atoms with Crippen LogP contribution in [0.5, 0.6) is 0 Å². The number of nitrogens with zero attached hydrogens (tertiary/aromatic N) is 1. The highest BCUT2D eigenvalue weighted by Crippen LogP contribution is 2.34. The summed E-state index contributed by atoms with van der Waals surface area (Å²) in [6.45, 7) is 4.60. The number of hydrogen-bond donors (Lipinski definition) is 4. The van der Waals surface area contributed by atoms with E-state index in [1.54, 1.807) is 19.9 Å². The smallest absolute Gasteiger partial charge is 0.256 e. The van der Waals surface area contributed by atoms with Gasteiger partial charge in [-0.2, -0.15) is 0 Å². The van der Waals surface area contributed by atoms with E-state index in [2.05, 4.69) is 25.9 Å². The highest BCUT2D eigenvalue weighted by Gasteiger charge is 2.26. The van der Waals surface area contributed by atoms with E-state index in [-0.39, 0.29) is 23.3 Å². The standard InChI is InChI=1S/C30H31F2N5O3/c1-18-26(16-23-22-15-21(31)8-9-25(22)37-29(23)39)36-19(2)28(18)30(40)35-13-6-4-3-5-12-34-27(38)10-7-20-17-33-14-11-24(20)32/h7-11,14-17,36H,3-6,12-13H2,1-2H3,(H,34,38)(H,35,40)(H,37,39)/b10-7+,23-16?. The van der Waals surface area contributed by atoms with Crippen LogP contribution in [-0.4, -0.2) is 40.8 Å². The van der Waals surface area contributed by atoms with E-state index in [1.807, 2.05) is 0 Å². The number of nitrogens with one attached hydrogen (secondary N) is 4. The Kier molecular flexibility index (Phi) is 9.21. The summed E-state index contributed by atoms with van der Waals surface area (Å²) in [6, 6.07) is 5.37. The molecule has 40 heavy (non-hydrogen) atoms. The Labute approximate surface area is 231 Å². The molecule has 4 N–H and O–H groups in total. The van der Waals surface area contributed by atoms with Crippen LogP contribution in [0.15, 0.2) is 42.7 Å². The maximum Gasteiger partial charge on any atom is 0.256 e. The lowest BCUT2D eigenvalue weighted by atomic mass is 10.0. The largest absolute Gasteiger partial charge is 0.358 e. The average Bonchev–Trinajstić information content (AvgIpc) is 3.38. The highest BCUT2D eigenvalue weighted by atomic mass is 19.1.